The van der Waals surface area contributed by atoms with E-state index < -0.39 is 18.0 Å². The van der Waals surface area contributed by atoms with Crippen LogP contribution in [0.3, 0.4) is 0 Å². The molecule has 144 valence electrons. The standard InChI is InChI=1S/C19H22N2O6/c1-4-26-14-9-12(7-8-13(14)27-17(22)11-5-6-11)16-15(18(23)25-3)10(2)20-19(24)21-16/h7-9,11,16H,4-6H2,1-3H3,(H2,20,21,24)/t16-/m0/s1. The molecule has 2 aliphatic rings. The minimum atomic E-state index is -0.710. The Labute approximate surface area is 156 Å². The summed E-state index contributed by atoms with van der Waals surface area (Å²) < 4.78 is 15.9. The van der Waals surface area contributed by atoms with E-state index in [4.69, 9.17) is 14.2 Å². The molecule has 2 amide bonds. The Morgan fingerprint density at radius 2 is 1.96 bits per heavy atom. The first-order valence-corrected chi connectivity index (χ1v) is 8.79. The van der Waals surface area contributed by atoms with E-state index in [0.29, 0.717) is 34.9 Å². The van der Waals surface area contributed by atoms with E-state index in [1.54, 1.807) is 25.1 Å². The molecular formula is C19H22N2O6. The summed E-state index contributed by atoms with van der Waals surface area (Å²) in [4.78, 5) is 36.1. The van der Waals surface area contributed by atoms with Gasteiger partial charge in [-0.25, -0.2) is 9.59 Å². The van der Waals surface area contributed by atoms with E-state index in [2.05, 4.69) is 10.6 Å². The quantitative estimate of drug-likeness (QED) is 0.585. The lowest BCUT2D eigenvalue weighted by Gasteiger charge is -2.28. The molecule has 0 radical (unpaired) electrons. The number of carbonyl (C=O) groups excluding carboxylic acids is 3. The van der Waals surface area contributed by atoms with Crippen LogP contribution in [0.1, 0.15) is 38.3 Å². The number of hydrogen-bond donors (Lipinski definition) is 2. The van der Waals surface area contributed by atoms with Gasteiger partial charge in [0, 0.05) is 5.70 Å². The Morgan fingerprint density at radius 3 is 2.59 bits per heavy atom. The maximum absolute atomic E-state index is 12.2. The highest BCUT2D eigenvalue weighted by molar-refractivity contribution is 5.95. The Morgan fingerprint density at radius 1 is 1.22 bits per heavy atom. The van der Waals surface area contributed by atoms with Crippen molar-refractivity contribution < 1.29 is 28.6 Å². The fourth-order valence-corrected chi connectivity index (χ4v) is 2.89. The second-order valence-electron chi connectivity index (χ2n) is 6.40. The number of allylic oxidation sites excluding steroid dienone is 1. The third-order valence-electron chi connectivity index (χ3n) is 4.40. The van der Waals surface area contributed by atoms with E-state index in [1.807, 2.05) is 6.92 Å². The van der Waals surface area contributed by atoms with Crippen molar-refractivity contribution in [3.63, 3.8) is 0 Å². The Kier molecular flexibility index (Phi) is 5.34. The van der Waals surface area contributed by atoms with E-state index >= 15 is 0 Å². The molecule has 0 saturated heterocycles. The highest BCUT2D eigenvalue weighted by atomic mass is 16.6. The number of rotatable bonds is 6. The molecule has 1 aromatic carbocycles. The van der Waals surface area contributed by atoms with Crippen LogP contribution in [0.2, 0.25) is 0 Å². The first-order valence-electron chi connectivity index (χ1n) is 8.79. The average Bonchev–Trinajstić information content (AvgIpc) is 3.47. The molecule has 1 aliphatic carbocycles. The van der Waals surface area contributed by atoms with Gasteiger partial charge >= 0.3 is 18.0 Å². The van der Waals surface area contributed by atoms with E-state index in [0.717, 1.165) is 12.8 Å². The molecule has 0 aromatic heterocycles. The minimum Gasteiger partial charge on any atom is -0.490 e. The SMILES string of the molecule is CCOc1cc([C@@H]2NC(=O)NC(C)=C2C(=O)OC)ccc1OC(=O)C1CC1. The van der Waals surface area contributed by atoms with Crippen LogP contribution in [0.15, 0.2) is 29.5 Å². The van der Waals surface area contributed by atoms with E-state index in [9.17, 15) is 14.4 Å². The van der Waals surface area contributed by atoms with E-state index in [-0.39, 0.29) is 11.9 Å². The smallest absolute Gasteiger partial charge is 0.337 e. The lowest BCUT2D eigenvalue weighted by atomic mass is 9.95. The number of hydrogen-bond acceptors (Lipinski definition) is 6. The van der Waals surface area contributed by atoms with E-state index in [1.165, 1.54) is 7.11 Å². The molecule has 1 heterocycles. The molecule has 27 heavy (non-hydrogen) atoms. The maximum atomic E-state index is 12.2. The summed E-state index contributed by atoms with van der Waals surface area (Å²) in [5, 5.41) is 5.28. The van der Waals surface area contributed by atoms with Crippen molar-refractivity contribution in [1.82, 2.24) is 10.6 Å². The molecule has 1 aliphatic heterocycles. The Balaban J connectivity index is 1.95. The van der Waals surface area contributed by atoms with Gasteiger partial charge in [-0.3, -0.25) is 4.79 Å². The van der Waals surface area contributed by atoms with Crippen molar-refractivity contribution in [3.8, 4) is 11.5 Å². The third-order valence-corrected chi connectivity index (χ3v) is 4.40. The normalized spacial score (nSPS) is 19.1. The van der Waals surface area contributed by atoms with Gasteiger partial charge in [0.15, 0.2) is 11.5 Å². The number of nitrogens with one attached hydrogen (secondary N) is 2. The summed E-state index contributed by atoms with van der Waals surface area (Å²) in [5.74, 6) is -0.173. The zero-order valence-corrected chi connectivity index (χ0v) is 15.5. The molecule has 8 heteroatoms. The fraction of sp³-hybridized carbons (Fsp3) is 0.421. The molecule has 3 rings (SSSR count). The monoisotopic (exact) mass is 374 g/mol. The summed E-state index contributed by atoms with van der Waals surface area (Å²) in [7, 11) is 1.28. The third kappa shape index (κ3) is 4.05. The lowest BCUT2D eigenvalue weighted by molar-refractivity contribution is -0.137. The zero-order chi connectivity index (χ0) is 19.6. The molecule has 1 saturated carbocycles. The Hall–Kier alpha value is -3.03. The molecule has 0 bridgehead atoms. The Bertz CT molecular complexity index is 812. The van der Waals surface area contributed by atoms with Crippen LogP contribution >= 0.6 is 0 Å². The van der Waals surface area contributed by atoms with Crippen LogP contribution in [0.4, 0.5) is 4.79 Å². The second-order valence-corrected chi connectivity index (χ2v) is 6.40. The average molecular weight is 374 g/mol. The second kappa shape index (κ2) is 7.69. The summed E-state index contributed by atoms with van der Waals surface area (Å²) in [6.45, 7) is 3.82. The van der Waals surface area contributed by atoms with Crippen LogP contribution < -0.4 is 20.1 Å². The lowest BCUT2D eigenvalue weighted by Crippen LogP contribution is -2.45. The van der Waals surface area contributed by atoms with Crippen LogP contribution in [0.5, 0.6) is 11.5 Å². The van der Waals surface area contributed by atoms with Gasteiger partial charge in [0.25, 0.3) is 0 Å². The summed E-state index contributed by atoms with van der Waals surface area (Å²) in [5.41, 5.74) is 1.32. The highest BCUT2D eigenvalue weighted by Crippen LogP contribution is 2.37. The maximum Gasteiger partial charge on any atom is 0.337 e. The first-order chi connectivity index (χ1) is 12.9. The number of methoxy groups -OCH3 is 1. The van der Waals surface area contributed by atoms with Crippen molar-refractivity contribution in [2.75, 3.05) is 13.7 Å². The van der Waals surface area contributed by atoms with Gasteiger partial charge < -0.3 is 24.8 Å². The molecule has 1 aromatic rings. The molecule has 0 unspecified atom stereocenters. The largest absolute Gasteiger partial charge is 0.490 e. The van der Waals surface area contributed by atoms with Crippen LogP contribution in [-0.2, 0) is 14.3 Å². The number of ether oxygens (including phenoxy) is 3. The predicted molar refractivity (Wildman–Crippen MR) is 95.1 cm³/mol. The van der Waals surface area contributed by atoms with Crippen LogP contribution in [0.25, 0.3) is 0 Å². The number of amides is 2. The summed E-state index contributed by atoms with van der Waals surface area (Å²) in [6.07, 6.45) is 1.68. The van der Waals surface area contributed by atoms with Crippen molar-refractivity contribution in [3.05, 3.63) is 35.0 Å². The molecule has 8 nitrogen and oxygen atoms in total. The predicted octanol–water partition coefficient (Wildman–Crippen LogP) is 2.20. The molecular weight excluding hydrogens is 352 g/mol. The number of carbonyl (C=O) groups is 3. The summed E-state index contributed by atoms with van der Waals surface area (Å²) >= 11 is 0. The van der Waals surface area contributed by atoms with Gasteiger partial charge in [-0.15, -0.1) is 0 Å². The number of benzene rings is 1. The van der Waals surface area contributed by atoms with Crippen molar-refractivity contribution in [1.29, 1.82) is 0 Å². The van der Waals surface area contributed by atoms with Gasteiger partial charge in [-0.05, 0) is 44.4 Å². The first kappa shape index (κ1) is 18.8. The van der Waals surface area contributed by atoms with Crippen molar-refractivity contribution >= 4 is 18.0 Å². The van der Waals surface area contributed by atoms with Crippen molar-refractivity contribution in [2.24, 2.45) is 5.92 Å². The topological polar surface area (TPSA) is 103 Å². The molecule has 2 N–H and O–H groups in total. The highest BCUT2D eigenvalue weighted by Gasteiger charge is 2.34. The van der Waals surface area contributed by atoms with Crippen molar-refractivity contribution in [2.45, 2.75) is 32.7 Å². The molecule has 1 atom stereocenters. The van der Waals surface area contributed by atoms with Gasteiger partial charge in [-0.2, -0.15) is 0 Å². The minimum absolute atomic E-state index is 0.0422. The molecule has 1 fully saturated rings. The van der Waals surface area contributed by atoms with Gasteiger partial charge in [0.05, 0.1) is 31.2 Å². The fourth-order valence-electron chi connectivity index (χ4n) is 2.89. The van der Waals surface area contributed by atoms with Crippen LogP contribution in [0, 0.1) is 5.92 Å². The van der Waals surface area contributed by atoms with Gasteiger partial charge in [0.2, 0.25) is 0 Å². The molecule has 0 spiro atoms. The van der Waals surface area contributed by atoms with Gasteiger partial charge in [0.1, 0.15) is 0 Å². The number of esters is 2. The zero-order valence-electron chi connectivity index (χ0n) is 15.5. The van der Waals surface area contributed by atoms with Gasteiger partial charge in [-0.1, -0.05) is 6.07 Å². The number of urea groups is 1. The van der Waals surface area contributed by atoms with Crippen LogP contribution in [-0.4, -0.2) is 31.7 Å². The summed E-state index contributed by atoms with van der Waals surface area (Å²) in [6, 6.07) is 3.82.